The molecule has 3 aliphatic rings. The number of benzene rings is 11. The molecule has 0 saturated heterocycles. The zero-order valence-electron chi connectivity index (χ0n) is 38.7. The zero-order chi connectivity index (χ0) is 46.6. The Balaban J connectivity index is 0.980. The lowest BCUT2D eigenvalue weighted by Gasteiger charge is -2.45. The van der Waals surface area contributed by atoms with Gasteiger partial charge in [0.15, 0.2) is 0 Å². The molecule has 16 rings (SSSR count). The molecule has 3 nitrogen and oxygen atoms in total. The Morgan fingerprint density at radius 3 is 1.66 bits per heavy atom. The molecule has 2 aromatic heterocycles. The van der Waals surface area contributed by atoms with Crippen molar-refractivity contribution in [2.24, 2.45) is 0 Å². The van der Waals surface area contributed by atoms with Gasteiger partial charge >= 0.3 is 0 Å². The van der Waals surface area contributed by atoms with E-state index in [1.807, 2.05) is 6.07 Å². The summed E-state index contributed by atoms with van der Waals surface area (Å²) in [6, 6.07) is 93.8. The Kier molecular flexibility index (Phi) is 8.78. The molecule has 332 valence electrons. The van der Waals surface area contributed by atoms with E-state index in [1.54, 1.807) is 0 Å². The number of para-hydroxylation sites is 4. The summed E-state index contributed by atoms with van der Waals surface area (Å²) in [4.78, 5) is 2.54. The summed E-state index contributed by atoms with van der Waals surface area (Å²) in [5.41, 5.74) is 24.2. The SMILES string of the molecule is c1ccc(-c2ccccc2-c2ccccc2N(c2ccccc2)c2ccc(-c3ccc4c(c3)c3ccccc3n4-c3ccc4c(c3)oc3ccccc34)c3c2C2c4ccccc4C3c3ccccc32)cc1. The van der Waals surface area contributed by atoms with E-state index in [0.29, 0.717) is 0 Å². The van der Waals surface area contributed by atoms with E-state index in [4.69, 9.17) is 4.42 Å². The Hall–Kier alpha value is -9.18. The fourth-order valence-electron chi connectivity index (χ4n) is 12.5. The second-order valence-electron chi connectivity index (χ2n) is 19.0. The van der Waals surface area contributed by atoms with Crippen LogP contribution in [0.4, 0.5) is 17.1 Å². The molecule has 2 heterocycles. The molecule has 0 unspecified atom stereocenters. The summed E-state index contributed by atoms with van der Waals surface area (Å²) in [5, 5.41) is 4.71. The Morgan fingerprint density at radius 2 is 0.901 bits per heavy atom. The van der Waals surface area contributed by atoms with Crippen molar-refractivity contribution in [1.29, 1.82) is 0 Å². The van der Waals surface area contributed by atoms with Gasteiger partial charge in [0, 0.05) is 56.4 Å². The van der Waals surface area contributed by atoms with Gasteiger partial charge in [-0.1, -0.05) is 188 Å². The molecule has 0 radical (unpaired) electrons. The van der Waals surface area contributed by atoms with Gasteiger partial charge in [-0.2, -0.15) is 0 Å². The van der Waals surface area contributed by atoms with Crippen molar-refractivity contribution in [2.75, 3.05) is 4.90 Å². The fraction of sp³-hybridized carbons (Fsp3) is 0.0294. The Bertz CT molecular complexity index is 4210. The monoisotopic (exact) mass is 904 g/mol. The number of rotatable bonds is 7. The first-order valence-corrected chi connectivity index (χ1v) is 24.7. The number of hydrogen-bond donors (Lipinski definition) is 0. The maximum absolute atomic E-state index is 6.44. The molecular formula is C68H44N2O. The summed E-state index contributed by atoms with van der Waals surface area (Å²) in [6.07, 6.45) is 0. The molecule has 3 heteroatoms. The molecule has 0 atom stereocenters. The van der Waals surface area contributed by atoms with Gasteiger partial charge in [-0.05, 0) is 122 Å². The largest absolute Gasteiger partial charge is 0.456 e. The van der Waals surface area contributed by atoms with Crippen molar-refractivity contribution in [3.63, 3.8) is 0 Å². The molecule has 0 fully saturated rings. The number of furan rings is 1. The Morgan fingerprint density at radius 1 is 0.324 bits per heavy atom. The van der Waals surface area contributed by atoms with Gasteiger partial charge in [-0.3, -0.25) is 0 Å². The van der Waals surface area contributed by atoms with Crippen LogP contribution in [-0.4, -0.2) is 4.57 Å². The van der Waals surface area contributed by atoms with Crippen molar-refractivity contribution in [3.05, 3.63) is 288 Å². The smallest absolute Gasteiger partial charge is 0.137 e. The van der Waals surface area contributed by atoms with Crippen molar-refractivity contribution in [3.8, 4) is 39.1 Å². The van der Waals surface area contributed by atoms with Gasteiger partial charge in [0.2, 0.25) is 0 Å². The minimum absolute atomic E-state index is 0.0196. The Labute approximate surface area is 411 Å². The summed E-state index contributed by atoms with van der Waals surface area (Å²) < 4.78 is 8.84. The highest BCUT2D eigenvalue weighted by Crippen LogP contribution is 2.61. The van der Waals surface area contributed by atoms with E-state index in [-0.39, 0.29) is 11.8 Å². The topological polar surface area (TPSA) is 21.3 Å². The van der Waals surface area contributed by atoms with Gasteiger partial charge in [-0.15, -0.1) is 0 Å². The maximum Gasteiger partial charge on any atom is 0.137 e. The predicted molar refractivity (Wildman–Crippen MR) is 294 cm³/mol. The van der Waals surface area contributed by atoms with Gasteiger partial charge in [0.05, 0.1) is 22.4 Å². The molecule has 0 amide bonds. The van der Waals surface area contributed by atoms with Crippen LogP contribution in [0.25, 0.3) is 82.8 Å². The van der Waals surface area contributed by atoms with Crippen LogP contribution in [0.5, 0.6) is 0 Å². The van der Waals surface area contributed by atoms with Crippen LogP contribution in [0.1, 0.15) is 45.2 Å². The van der Waals surface area contributed by atoms with E-state index in [0.717, 1.165) is 44.5 Å². The number of nitrogens with zero attached hydrogens (tertiary/aromatic N) is 2. The van der Waals surface area contributed by atoms with Gasteiger partial charge in [0.1, 0.15) is 11.2 Å². The van der Waals surface area contributed by atoms with Crippen LogP contribution >= 0.6 is 0 Å². The minimum Gasteiger partial charge on any atom is -0.456 e. The highest BCUT2D eigenvalue weighted by atomic mass is 16.3. The maximum atomic E-state index is 6.44. The molecular weight excluding hydrogens is 861 g/mol. The third-order valence-electron chi connectivity index (χ3n) is 15.4. The number of fused-ring (bicyclic) bond motifs is 6. The zero-order valence-corrected chi connectivity index (χ0v) is 38.7. The van der Waals surface area contributed by atoms with E-state index >= 15 is 0 Å². The summed E-state index contributed by atoms with van der Waals surface area (Å²) in [5.74, 6) is 0.0581. The first-order valence-electron chi connectivity index (χ1n) is 24.7. The van der Waals surface area contributed by atoms with Crippen molar-refractivity contribution >= 4 is 60.8 Å². The molecule has 0 N–H and O–H groups in total. The lowest BCUT2D eigenvalue weighted by Crippen LogP contribution is -2.30. The second kappa shape index (κ2) is 15.7. The third kappa shape index (κ3) is 5.97. The van der Waals surface area contributed by atoms with E-state index in [9.17, 15) is 0 Å². The summed E-state index contributed by atoms with van der Waals surface area (Å²) >= 11 is 0. The average Bonchev–Trinajstić information content (AvgIpc) is 3.99. The van der Waals surface area contributed by atoms with Crippen LogP contribution in [0.15, 0.2) is 259 Å². The normalized spacial score (nSPS) is 14.5. The number of hydrogen-bond acceptors (Lipinski definition) is 2. The molecule has 0 spiro atoms. The summed E-state index contributed by atoms with van der Waals surface area (Å²) in [7, 11) is 0. The van der Waals surface area contributed by atoms with Gasteiger partial charge < -0.3 is 13.9 Å². The number of anilines is 3. The van der Waals surface area contributed by atoms with Crippen molar-refractivity contribution in [1.82, 2.24) is 4.57 Å². The van der Waals surface area contributed by atoms with Crippen LogP contribution in [0.3, 0.4) is 0 Å². The first-order chi connectivity index (χ1) is 35.3. The second-order valence-corrected chi connectivity index (χ2v) is 19.0. The molecule has 0 saturated carbocycles. The highest BCUT2D eigenvalue weighted by Gasteiger charge is 2.45. The molecule has 2 bridgehead atoms. The quantitative estimate of drug-likeness (QED) is 0.159. The van der Waals surface area contributed by atoms with Gasteiger partial charge in [-0.25, -0.2) is 0 Å². The van der Waals surface area contributed by atoms with E-state index < -0.39 is 0 Å². The third-order valence-corrected chi connectivity index (χ3v) is 15.4. The number of aromatic nitrogens is 1. The van der Waals surface area contributed by atoms with Crippen molar-refractivity contribution in [2.45, 2.75) is 11.8 Å². The molecule has 11 aromatic carbocycles. The standard InChI is InChI=1S/C68H44N2O/c1-3-19-43(20-4-1)47-23-7-8-24-49(47)50-25-13-16-32-59(50)69(45-21-5-2-6-22-45)62-40-38-48(67-65-54-28-9-11-30-56(54)66(68(62)67)57-31-12-10-29-55(57)65)44-35-39-61-58(41-44)51-26-14-17-33-60(51)70(61)46-36-37-53-52-27-15-18-34-63(52)71-64(53)42-46/h1-42,65-66H. The predicted octanol–water partition coefficient (Wildman–Crippen LogP) is 18.1. The molecule has 3 aliphatic carbocycles. The summed E-state index contributed by atoms with van der Waals surface area (Å²) in [6.45, 7) is 0. The molecule has 71 heavy (non-hydrogen) atoms. The lowest BCUT2D eigenvalue weighted by atomic mass is 9.59. The average molecular weight is 905 g/mol. The van der Waals surface area contributed by atoms with E-state index in [2.05, 4.69) is 258 Å². The first kappa shape index (κ1) is 39.8. The van der Waals surface area contributed by atoms with Crippen LogP contribution in [0, 0.1) is 0 Å². The van der Waals surface area contributed by atoms with E-state index in [1.165, 1.54) is 88.7 Å². The molecule has 13 aromatic rings. The van der Waals surface area contributed by atoms with Gasteiger partial charge in [0.25, 0.3) is 0 Å². The fourth-order valence-corrected chi connectivity index (χ4v) is 12.5. The molecule has 0 aliphatic heterocycles. The van der Waals surface area contributed by atoms with Crippen LogP contribution in [0.2, 0.25) is 0 Å². The van der Waals surface area contributed by atoms with Crippen molar-refractivity contribution < 1.29 is 4.42 Å². The van der Waals surface area contributed by atoms with Crippen LogP contribution in [-0.2, 0) is 0 Å². The lowest BCUT2D eigenvalue weighted by molar-refractivity contribution is 0.668. The minimum atomic E-state index is 0.0196. The highest BCUT2D eigenvalue weighted by molar-refractivity contribution is 6.12. The van der Waals surface area contributed by atoms with Crippen LogP contribution < -0.4 is 4.90 Å².